The number of nitrogens with zero attached hydrogens (tertiary/aromatic N) is 1. The van der Waals surface area contributed by atoms with Crippen molar-refractivity contribution < 1.29 is 0 Å². The minimum atomic E-state index is -0.0989. The first-order valence-electron chi connectivity index (χ1n) is 4.24. The summed E-state index contributed by atoms with van der Waals surface area (Å²) in [5.41, 5.74) is 13.5. The number of anilines is 1. The topological polar surface area (TPSA) is 75.8 Å². The van der Waals surface area contributed by atoms with Gasteiger partial charge in [0.1, 0.15) is 0 Å². The molecule has 0 heterocycles. The van der Waals surface area contributed by atoms with E-state index in [2.05, 4.69) is 6.07 Å². The van der Waals surface area contributed by atoms with Crippen LogP contribution in [0.4, 0.5) is 5.69 Å². The van der Waals surface area contributed by atoms with Gasteiger partial charge in [0.25, 0.3) is 0 Å². The smallest absolute Gasteiger partial charge is 0.0995 e. The predicted molar refractivity (Wildman–Crippen MR) is 52.8 cm³/mol. The monoisotopic (exact) mass is 175 g/mol. The average molecular weight is 175 g/mol. The number of nitriles is 1. The molecule has 68 valence electrons. The van der Waals surface area contributed by atoms with E-state index in [-0.39, 0.29) is 6.04 Å². The van der Waals surface area contributed by atoms with Gasteiger partial charge < -0.3 is 11.5 Å². The van der Waals surface area contributed by atoms with E-state index in [1.165, 1.54) is 0 Å². The number of nitrogen functional groups attached to an aromatic ring is 1. The zero-order chi connectivity index (χ0) is 9.84. The fourth-order valence-corrected chi connectivity index (χ4v) is 1.21. The van der Waals surface area contributed by atoms with Crippen LogP contribution in [0.2, 0.25) is 0 Å². The van der Waals surface area contributed by atoms with Gasteiger partial charge in [0.2, 0.25) is 0 Å². The van der Waals surface area contributed by atoms with Gasteiger partial charge in [-0.1, -0.05) is 6.92 Å². The first-order chi connectivity index (χ1) is 6.19. The molecule has 0 bridgehead atoms. The molecule has 1 atom stereocenters. The van der Waals surface area contributed by atoms with Crippen molar-refractivity contribution in [2.45, 2.75) is 19.4 Å². The summed E-state index contributed by atoms with van der Waals surface area (Å²) in [6.07, 6.45) is 0.804. The molecule has 0 aliphatic heterocycles. The maximum Gasteiger partial charge on any atom is 0.0995 e. The Morgan fingerprint density at radius 3 is 2.77 bits per heavy atom. The van der Waals surface area contributed by atoms with Gasteiger partial charge in [-0.25, -0.2) is 0 Å². The number of rotatable bonds is 2. The highest BCUT2D eigenvalue weighted by molar-refractivity contribution is 5.50. The van der Waals surface area contributed by atoms with Crippen LogP contribution < -0.4 is 11.5 Å². The zero-order valence-corrected chi connectivity index (χ0v) is 7.62. The zero-order valence-electron chi connectivity index (χ0n) is 7.62. The van der Waals surface area contributed by atoms with Crippen LogP contribution in [0.5, 0.6) is 0 Å². The molecule has 1 aromatic rings. The minimum Gasteiger partial charge on any atom is -0.399 e. The third-order valence-electron chi connectivity index (χ3n) is 2.04. The van der Waals surface area contributed by atoms with Crippen LogP contribution in [-0.4, -0.2) is 0 Å². The first kappa shape index (κ1) is 9.56. The van der Waals surface area contributed by atoms with Gasteiger partial charge in [-0.05, 0) is 30.2 Å². The Kier molecular flexibility index (Phi) is 2.88. The van der Waals surface area contributed by atoms with Crippen LogP contribution in [0.25, 0.3) is 0 Å². The van der Waals surface area contributed by atoms with Crippen LogP contribution in [-0.2, 0) is 0 Å². The lowest BCUT2D eigenvalue weighted by Gasteiger charge is -2.11. The van der Waals surface area contributed by atoms with E-state index in [0.717, 1.165) is 12.0 Å². The summed E-state index contributed by atoms with van der Waals surface area (Å²) in [5, 5.41) is 8.81. The van der Waals surface area contributed by atoms with Crippen LogP contribution >= 0.6 is 0 Å². The summed E-state index contributed by atoms with van der Waals surface area (Å²) >= 11 is 0. The predicted octanol–water partition coefficient (Wildman–Crippen LogP) is 1.55. The number of benzene rings is 1. The molecule has 0 amide bonds. The van der Waals surface area contributed by atoms with Crippen molar-refractivity contribution in [3.63, 3.8) is 0 Å². The number of nitrogens with two attached hydrogens (primary N) is 2. The Balaban J connectivity index is 3.17. The lowest BCUT2D eigenvalue weighted by atomic mass is 9.99. The largest absolute Gasteiger partial charge is 0.399 e. The normalized spacial score (nSPS) is 12.1. The molecule has 0 fully saturated rings. The van der Waals surface area contributed by atoms with Gasteiger partial charge in [0.05, 0.1) is 11.6 Å². The summed E-state index contributed by atoms with van der Waals surface area (Å²) in [5.74, 6) is 0. The van der Waals surface area contributed by atoms with E-state index in [9.17, 15) is 0 Å². The summed E-state index contributed by atoms with van der Waals surface area (Å²) in [7, 11) is 0. The van der Waals surface area contributed by atoms with Gasteiger partial charge in [0, 0.05) is 11.7 Å². The third kappa shape index (κ3) is 1.98. The molecule has 1 aromatic carbocycles. The van der Waals surface area contributed by atoms with E-state index in [4.69, 9.17) is 16.7 Å². The van der Waals surface area contributed by atoms with Crippen LogP contribution in [0.3, 0.4) is 0 Å². The number of hydrogen-bond acceptors (Lipinski definition) is 3. The molecule has 0 aliphatic rings. The molecule has 3 heteroatoms. The molecule has 0 saturated heterocycles. The lowest BCUT2D eigenvalue weighted by Crippen LogP contribution is -2.10. The maximum absolute atomic E-state index is 8.81. The highest BCUT2D eigenvalue weighted by atomic mass is 14.6. The van der Waals surface area contributed by atoms with E-state index in [1.54, 1.807) is 18.2 Å². The van der Waals surface area contributed by atoms with Crippen molar-refractivity contribution in [2.75, 3.05) is 5.73 Å². The van der Waals surface area contributed by atoms with Gasteiger partial charge in [-0.2, -0.15) is 5.26 Å². The van der Waals surface area contributed by atoms with Crippen LogP contribution in [0, 0.1) is 11.3 Å². The summed E-state index contributed by atoms with van der Waals surface area (Å²) < 4.78 is 0. The molecular weight excluding hydrogens is 162 g/mol. The minimum absolute atomic E-state index is 0.0989. The molecule has 0 unspecified atom stereocenters. The fraction of sp³-hybridized carbons (Fsp3) is 0.300. The lowest BCUT2D eigenvalue weighted by molar-refractivity contribution is 0.697. The molecule has 0 aliphatic carbocycles. The highest BCUT2D eigenvalue weighted by Gasteiger charge is 2.08. The van der Waals surface area contributed by atoms with E-state index < -0.39 is 0 Å². The summed E-state index contributed by atoms with van der Waals surface area (Å²) in [6.45, 7) is 1.98. The van der Waals surface area contributed by atoms with Gasteiger partial charge >= 0.3 is 0 Å². The molecule has 4 N–H and O–H groups in total. The second-order valence-electron chi connectivity index (χ2n) is 2.97. The third-order valence-corrected chi connectivity index (χ3v) is 2.04. The second kappa shape index (κ2) is 3.92. The Morgan fingerprint density at radius 1 is 1.54 bits per heavy atom. The van der Waals surface area contributed by atoms with Crippen LogP contribution in [0.1, 0.15) is 30.5 Å². The van der Waals surface area contributed by atoms with Gasteiger partial charge in [-0.15, -0.1) is 0 Å². The van der Waals surface area contributed by atoms with E-state index >= 15 is 0 Å². The Bertz CT molecular complexity index is 339. The molecule has 3 nitrogen and oxygen atoms in total. The molecule has 0 aromatic heterocycles. The van der Waals surface area contributed by atoms with Crippen molar-refractivity contribution in [1.82, 2.24) is 0 Å². The van der Waals surface area contributed by atoms with Crippen molar-refractivity contribution in [2.24, 2.45) is 5.73 Å². The molecular formula is C10H13N3. The molecule has 0 spiro atoms. The maximum atomic E-state index is 8.81. The van der Waals surface area contributed by atoms with Crippen LogP contribution in [0.15, 0.2) is 18.2 Å². The van der Waals surface area contributed by atoms with Crippen molar-refractivity contribution in [3.05, 3.63) is 29.3 Å². The standard InChI is InChI=1S/C10H13N3/c1-2-10(13)9-5-8(12)4-3-7(9)6-11/h3-5,10H,2,12-13H2,1H3/t10-/m1/s1. The van der Waals surface area contributed by atoms with E-state index in [0.29, 0.717) is 11.3 Å². The second-order valence-corrected chi connectivity index (χ2v) is 2.97. The molecule has 13 heavy (non-hydrogen) atoms. The Morgan fingerprint density at radius 2 is 2.23 bits per heavy atom. The Labute approximate surface area is 78.0 Å². The number of hydrogen-bond donors (Lipinski definition) is 2. The summed E-state index contributed by atoms with van der Waals surface area (Å²) in [6, 6.07) is 7.20. The van der Waals surface area contributed by atoms with Gasteiger partial charge in [0.15, 0.2) is 0 Å². The molecule has 0 saturated carbocycles. The first-order valence-corrected chi connectivity index (χ1v) is 4.24. The van der Waals surface area contributed by atoms with Crippen molar-refractivity contribution in [1.29, 1.82) is 5.26 Å². The van der Waals surface area contributed by atoms with Crippen molar-refractivity contribution >= 4 is 5.69 Å². The SMILES string of the molecule is CC[C@@H](N)c1cc(N)ccc1C#N. The Hall–Kier alpha value is -1.53. The molecule has 1 rings (SSSR count). The summed E-state index contributed by atoms with van der Waals surface area (Å²) in [4.78, 5) is 0. The highest BCUT2D eigenvalue weighted by Crippen LogP contribution is 2.20. The molecule has 0 radical (unpaired) electrons. The van der Waals surface area contributed by atoms with Crippen molar-refractivity contribution in [3.8, 4) is 6.07 Å². The van der Waals surface area contributed by atoms with E-state index in [1.807, 2.05) is 6.92 Å². The fourth-order valence-electron chi connectivity index (χ4n) is 1.21. The van der Waals surface area contributed by atoms with Gasteiger partial charge in [-0.3, -0.25) is 0 Å². The quantitative estimate of drug-likeness (QED) is 0.669. The average Bonchev–Trinajstić information content (AvgIpc) is 2.16.